The fourth-order valence-electron chi connectivity index (χ4n) is 2.77. The summed E-state index contributed by atoms with van der Waals surface area (Å²) in [6.45, 7) is 5.82. The Morgan fingerprint density at radius 1 is 1.17 bits per heavy atom. The molecule has 1 saturated heterocycles. The van der Waals surface area contributed by atoms with Gasteiger partial charge >= 0.3 is 6.03 Å². The molecule has 1 fully saturated rings. The standard InChI is InChI=1S/C21H15Br2IN2O4/c1-3-6-30-18-16(23)9-12(10-17(18)24)8-14-19(27)25-21(29)26(20(14)28)13-4-5-15(22)11(2)7-13/h3-5,7-10H,1,6H2,2H3,(H,25,27,29)/b14-8+. The van der Waals surface area contributed by atoms with Gasteiger partial charge in [-0.25, -0.2) is 9.69 Å². The molecule has 4 amide bonds. The van der Waals surface area contributed by atoms with Gasteiger partial charge in [-0.15, -0.1) is 0 Å². The molecule has 1 N–H and O–H groups in total. The zero-order valence-electron chi connectivity index (χ0n) is 15.7. The zero-order valence-corrected chi connectivity index (χ0v) is 21.0. The summed E-state index contributed by atoms with van der Waals surface area (Å²) in [5.41, 5.74) is 1.69. The SMILES string of the molecule is C=CCOc1c(Br)cc(/C=C2\C(=O)NC(=O)N(c3ccc(Br)c(C)c3)C2=O)cc1I. The summed E-state index contributed by atoms with van der Waals surface area (Å²) >= 11 is 8.95. The molecule has 9 heteroatoms. The van der Waals surface area contributed by atoms with Gasteiger partial charge in [-0.3, -0.25) is 14.9 Å². The van der Waals surface area contributed by atoms with Crippen molar-refractivity contribution in [2.24, 2.45) is 0 Å². The van der Waals surface area contributed by atoms with Gasteiger partial charge in [-0.1, -0.05) is 28.6 Å². The van der Waals surface area contributed by atoms with Gasteiger partial charge in [-0.05, 0) is 93.0 Å². The van der Waals surface area contributed by atoms with Crippen LogP contribution in [0.5, 0.6) is 5.75 Å². The normalized spacial score (nSPS) is 15.4. The van der Waals surface area contributed by atoms with Crippen LogP contribution in [0.25, 0.3) is 6.08 Å². The Kier molecular flexibility index (Phi) is 7.14. The monoisotopic (exact) mass is 644 g/mol. The highest BCUT2D eigenvalue weighted by molar-refractivity contribution is 14.1. The summed E-state index contributed by atoms with van der Waals surface area (Å²) in [6, 6.07) is 7.80. The molecule has 3 rings (SSSR count). The molecule has 0 radical (unpaired) electrons. The zero-order chi connectivity index (χ0) is 22.0. The van der Waals surface area contributed by atoms with Crippen molar-refractivity contribution in [1.82, 2.24) is 5.32 Å². The largest absolute Gasteiger partial charge is 0.487 e. The second-order valence-electron chi connectivity index (χ2n) is 6.30. The molecule has 0 unspecified atom stereocenters. The van der Waals surface area contributed by atoms with Crippen molar-refractivity contribution in [3.05, 3.63) is 72.2 Å². The quantitative estimate of drug-likeness (QED) is 0.206. The number of carbonyl (C=O) groups is 3. The van der Waals surface area contributed by atoms with Crippen LogP contribution in [0, 0.1) is 10.5 Å². The summed E-state index contributed by atoms with van der Waals surface area (Å²) in [5, 5.41) is 2.23. The fraction of sp³-hybridized carbons (Fsp3) is 0.0952. The molecule has 2 aromatic carbocycles. The maximum absolute atomic E-state index is 13.0. The number of nitrogens with one attached hydrogen (secondary N) is 1. The molecule has 30 heavy (non-hydrogen) atoms. The lowest BCUT2D eigenvalue weighted by molar-refractivity contribution is -0.122. The highest BCUT2D eigenvalue weighted by atomic mass is 127. The van der Waals surface area contributed by atoms with Gasteiger partial charge in [0.25, 0.3) is 11.8 Å². The third-order valence-corrected chi connectivity index (χ3v) is 6.46. The number of barbiturate groups is 1. The number of urea groups is 1. The molecule has 0 spiro atoms. The first kappa shape index (κ1) is 22.7. The molecule has 0 atom stereocenters. The highest BCUT2D eigenvalue weighted by Gasteiger charge is 2.37. The smallest absolute Gasteiger partial charge is 0.335 e. The number of hydrogen-bond donors (Lipinski definition) is 1. The minimum Gasteiger partial charge on any atom is -0.487 e. The topological polar surface area (TPSA) is 75.7 Å². The molecule has 0 saturated carbocycles. The molecule has 1 aliphatic heterocycles. The van der Waals surface area contributed by atoms with Gasteiger partial charge in [-0.2, -0.15) is 0 Å². The summed E-state index contributed by atoms with van der Waals surface area (Å²) in [6.07, 6.45) is 3.09. The molecule has 2 aromatic rings. The van der Waals surface area contributed by atoms with Crippen LogP contribution in [-0.4, -0.2) is 24.5 Å². The van der Waals surface area contributed by atoms with Gasteiger partial charge in [0.2, 0.25) is 0 Å². The van der Waals surface area contributed by atoms with E-state index in [1.807, 2.05) is 6.92 Å². The van der Waals surface area contributed by atoms with Crippen LogP contribution in [0.1, 0.15) is 11.1 Å². The number of hydrogen-bond acceptors (Lipinski definition) is 4. The van der Waals surface area contributed by atoms with Crippen LogP contribution in [0.3, 0.4) is 0 Å². The van der Waals surface area contributed by atoms with E-state index < -0.39 is 17.8 Å². The number of imide groups is 2. The number of amides is 4. The van der Waals surface area contributed by atoms with E-state index in [4.69, 9.17) is 4.74 Å². The van der Waals surface area contributed by atoms with Crippen LogP contribution in [0.2, 0.25) is 0 Å². The number of carbonyl (C=O) groups excluding carboxylic acids is 3. The second-order valence-corrected chi connectivity index (χ2v) is 9.18. The van der Waals surface area contributed by atoms with Crippen LogP contribution in [0.4, 0.5) is 10.5 Å². The lowest BCUT2D eigenvalue weighted by Crippen LogP contribution is -2.54. The predicted octanol–water partition coefficient (Wildman–Crippen LogP) is 5.36. The first-order valence-electron chi connectivity index (χ1n) is 8.63. The average Bonchev–Trinajstić information content (AvgIpc) is 2.67. The molecule has 1 aliphatic rings. The first-order chi connectivity index (χ1) is 14.2. The molecule has 0 aliphatic carbocycles. The van der Waals surface area contributed by atoms with Gasteiger partial charge in [0, 0.05) is 4.47 Å². The highest BCUT2D eigenvalue weighted by Crippen LogP contribution is 2.33. The number of halogens is 3. The van der Waals surface area contributed by atoms with E-state index in [-0.39, 0.29) is 5.57 Å². The number of anilines is 1. The predicted molar refractivity (Wildman–Crippen MR) is 130 cm³/mol. The number of benzene rings is 2. The first-order valence-corrected chi connectivity index (χ1v) is 11.3. The Hall–Kier alpha value is -1.98. The van der Waals surface area contributed by atoms with Gasteiger partial charge in [0.1, 0.15) is 17.9 Å². The molecule has 0 aromatic heterocycles. The van der Waals surface area contributed by atoms with Crippen molar-refractivity contribution in [3.8, 4) is 5.75 Å². The van der Waals surface area contributed by atoms with Crippen molar-refractivity contribution >= 4 is 84.1 Å². The van der Waals surface area contributed by atoms with Crippen LogP contribution in [0.15, 0.2) is 57.5 Å². The second kappa shape index (κ2) is 9.44. The fourth-order valence-corrected chi connectivity index (χ4v) is 4.79. The van der Waals surface area contributed by atoms with Crippen LogP contribution >= 0.6 is 54.5 Å². The van der Waals surface area contributed by atoms with E-state index in [9.17, 15) is 14.4 Å². The molecule has 1 heterocycles. The van der Waals surface area contributed by atoms with Crippen molar-refractivity contribution in [2.75, 3.05) is 11.5 Å². The minimum absolute atomic E-state index is 0.141. The lowest BCUT2D eigenvalue weighted by Gasteiger charge is -2.26. The third-order valence-electron chi connectivity index (χ3n) is 4.18. The van der Waals surface area contributed by atoms with E-state index in [1.165, 1.54) is 6.08 Å². The lowest BCUT2D eigenvalue weighted by atomic mass is 10.1. The Bertz CT molecular complexity index is 1090. The van der Waals surface area contributed by atoms with Gasteiger partial charge in [0.05, 0.1) is 13.7 Å². The number of rotatable bonds is 5. The maximum atomic E-state index is 13.0. The summed E-state index contributed by atoms with van der Waals surface area (Å²) in [5.74, 6) is -0.795. The van der Waals surface area contributed by atoms with Crippen molar-refractivity contribution in [3.63, 3.8) is 0 Å². The Balaban J connectivity index is 2.00. The van der Waals surface area contributed by atoms with Crippen molar-refractivity contribution < 1.29 is 19.1 Å². The molecule has 154 valence electrons. The molecule has 6 nitrogen and oxygen atoms in total. The van der Waals surface area contributed by atoms with E-state index in [0.29, 0.717) is 28.1 Å². The summed E-state index contributed by atoms with van der Waals surface area (Å²) < 4.78 is 7.92. The van der Waals surface area contributed by atoms with Crippen molar-refractivity contribution in [1.29, 1.82) is 0 Å². The number of nitrogens with zero attached hydrogens (tertiary/aromatic N) is 1. The van der Waals surface area contributed by atoms with E-state index >= 15 is 0 Å². The number of aryl methyl sites for hydroxylation is 1. The summed E-state index contributed by atoms with van der Waals surface area (Å²) in [7, 11) is 0. The Labute approximate surface area is 203 Å². The summed E-state index contributed by atoms with van der Waals surface area (Å²) in [4.78, 5) is 38.7. The van der Waals surface area contributed by atoms with E-state index in [1.54, 1.807) is 36.4 Å². The van der Waals surface area contributed by atoms with E-state index in [0.717, 1.165) is 18.5 Å². The Morgan fingerprint density at radius 3 is 2.53 bits per heavy atom. The average molecular weight is 646 g/mol. The third kappa shape index (κ3) is 4.68. The molecular formula is C21H15Br2IN2O4. The maximum Gasteiger partial charge on any atom is 0.335 e. The minimum atomic E-state index is -0.784. The van der Waals surface area contributed by atoms with Crippen molar-refractivity contribution in [2.45, 2.75) is 6.92 Å². The van der Waals surface area contributed by atoms with E-state index in [2.05, 4.69) is 66.3 Å². The van der Waals surface area contributed by atoms with Gasteiger partial charge < -0.3 is 4.74 Å². The van der Waals surface area contributed by atoms with Crippen LogP contribution < -0.4 is 15.0 Å². The van der Waals surface area contributed by atoms with Gasteiger partial charge in [0.15, 0.2) is 0 Å². The molecule has 0 bridgehead atoms. The number of ether oxygens (including phenoxy) is 1. The molecular weight excluding hydrogens is 631 g/mol. The van der Waals surface area contributed by atoms with Crippen LogP contribution in [-0.2, 0) is 9.59 Å². The Morgan fingerprint density at radius 2 is 1.90 bits per heavy atom.